The molecule has 0 aliphatic carbocycles. The maximum Gasteiger partial charge on any atom is 0.164 e. The van der Waals surface area contributed by atoms with Crippen molar-refractivity contribution >= 4 is 53.4 Å². The first kappa shape index (κ1) is 23.8. The van der Waals surface area contributed by atoms with Gasteiger partial charge in [0, 0.05) is 58.8 Å². The van der Waals surface area contributed by atoms with Crippen LogP contribution in [-0.4, -0.2) is 15.0 Å². The number of benzene rings is 7. The molecule has 234 valence electrons. The third kappa shape index (κ3) is 4.79. The second kappa shape index (κ2) is 11.6. The Morgan fingerprint density at radius 2 is 1.08 bits per heavy atom. The number of hydrogen-bond acceptors (Lipinski definition) is 5. The maximum atomic E-state index is 9.35. The lowest BCUT2D eigenvalue weighted by Gasteiger charge is -2.09. The number of thiophene rings is 1. The Labute approximate surface area is 299 Å². The Balaban J connectivity index is 1.27. The topological polar surface area (TPSA) is 51.8 Å². The molecular weight excluding hydrogens is 631 g/mol. The number of nitrogens with zero attached hydrogens (tertiary/aromatic N) is 3. The van der Waals surface area contributed by atoms with E-state index in [9.17, 15) is 4.11 Å². The molecule has 0 aliphatic heterocycles. The largest absolute Gasteiger partial charge is 0.455 e. The number of hydrogen-bond donors (Lipinski definition) is 0. The summed E-state index contributed by atoms with van der Waals surface area (Å²) < 4.78 is 54.8. The molecule has 0 spiro atoms. The van der Waals surface area contributed by atoms with Gasteiger partial charge in [0.15, 0.2) is 17.5 Å². The van der Waals surface area contributed by atoms with Crippen LogP contribution in [0.2, 0.25) is 0 Å². The van der Waals surface area contributed by atoms with Crippen LogP contribution in [0.25, 0.3) is 98.5 Å². The Kier molecular flexibility index (Phi) is 5.54. The number of furan rings is 1. The number of rotatable bonds is 5. The van der Waals surface area contributed by atoms with Gasteiger partial charge in [0.05, 0.1) is 6.85 Å². The third-order valence-corrected chi connectivity index (χ3v) is 10.1. The number of fused-ring (bicyclic) bond motifs is 6. The Bertz CT molecular complexity index is 3090. The van der Waals surface area contributed by atoms with Crippen molar-refractivity contribution in [3.8, 4) is 56.4 Å². The van der Waals surface area contributed by atoms with Gasteiger partial charge in [-0.05, 0) is 41.4 Å². The summed E-state index contributed by atoms with van der Waals surface area (Å²) in [5, 5.41) is 2.55. The molecule has 0 unspecified atom stereocenters. The fourth-order valence-electron chi connectivity index (χ4n) is 6.53. The SMILES string of the molecule is [2H]c1c([2H])c([2H])c2c(oc3cc(-c4nc(-c5ccccc5)nc(-c5ccccc5)n4)c([2H])c([2H])c32)c1-c1cc(-c2ccccc2)cc2c1sc1ccccc12. The van der Waals surface area contributed by atoms with Gasteiger partial charge in [0.25, 0.3) is 0 Å². The van der Waals surface area contributed by atoms with Crippen molar-refractivity contribution in [1.29, 1.82) is 0 Å². The van der Waals surface area contributed by atoms with Crippen LogP contribution in [0.5, 0.6) is 0 Å². The summed E-state index contributed by atoms with van der Waals surface area (Å²) in [6, 6.07) is 42.1. The van der Waals surface area contributed by atoms with E-state index < -0.39 is 0 Å². The minimum absolute atomic E-state index is 0.143. The zero-order valence-electron chi connectivity index (χ0n) is 31.4. The van der Waals surface area contributed by atoms with Crippen molar-refractivity contribution < 1.29 is 11.3 Å². The molecule has 0 aliphatic rings. The van der Waals surface area contributed by atoms with Crippen LogP contribution in [0, 0.1) is 0 Å². The van der Waals surface area contributed by atoms with Crippen LogP contribution < -0.4 is 0 Å². The summed E-state index contributed by atoms with van der Waals surface area (Å²) in [7, 11) is 0. The van der Waals surface area contributed by atoms with E-state index in [1.165, 1.54) is 0 Å². The first-order valence-corrected chi connectivity index (χ1v) is 17.0. The van der Waals surface area contributed by atoms with Crippen molar-refractivity contribution in [2.45, 2.75) is 0 Å². The van der Waals surface area contributed by atoms with Gasteiger partial charge >= 0.3 is 0 Å². The zero-order chi connectivity index (χ0) is 37.4. The van der Waals surface area contributed by atoms with E-state index in [1.54, 1.807) is 17.4 Å². The molecule has 0 saturated carbocycles. The van der Waals surface area contributed by atoms with Gasteiger partial charge in [-0.25, -0.2) is 15.0 Å². The van der Waals surface area contributed by atoms with Gasteiger partial charge in [-0.1, -0.05) is 133 Å². The van der Waals surface area contributed by atoms with Gasteiger partial charge in [-0.2, -0.15) is 0 Å². The van der Waals surface area contributed by atoms with Crippen LogP contribution in [0.1, 0.15) is 6.85 Å². The minimum Gasteiger partial charge on any atom is -0.455 e. The average molecular weight is 663 g/mol. The second-order valence-electron chi connectivity index (χ2n) is 12.0. The van der Waals surface area contributed by atoms with Crippen molar-refractivity contribution in [3.63, 3.8) is 0 Å². The summed E-state index contributed by atoms with van der Waals surface area (Å²) in [6.45, 7) is 0. The molecule has 50 heavy (non-hydrogen) atoms. The third-order valence-electron chi connectivity index (χ3n) is 8.93. The molecule has 0 atom stereocenters. The molecule has 0 N–H and O–H groups in total. The lowest BCUT2D eigenvalue weighted by Crippen LogP contribution is -2.00. The molecule has 0 fully saturated rings. The van der Waals surface area contributed by atoms with Gasteiger partial charge in [0.2, 0.25) is 0 Å². The van der Waals surface area contributed by atoms with E-state index in [2.05, 4.69) is 18.2 Å². The summed E-state index contributed by atoms with van der Waals surface area (Å²) in [6.07, 6.45) is 0. The maximum absolute atomic E-state index is 9.35. The zero-order valence-corrected chi connectivity index (χ0v) is 27.2. The van der Waals surface area contributed by atoms with Gasteiger partial charge in [-0.3, -0.25) is 0 Å². The van der Waals surface area contributed by atoms with E-state index in [0.717, 1.165) is 42.4 Å². The summed E-state index contributed by atoms with van der Waals surface area (Å²) >= 11 is 1.60. The molecule has 4 nitrogen and oxygen atoms in total. The molecule has 10 aromatic rings. The fraction of sp³-hybridized carbons (Fsp3) is 0. The molecule has 3 heterocycles. The van der Waals surface area contributed by atoms with Crippen molar-refractivity contribution in [1.82, 2.24) is 15.0 Å². The molecule has 10 rings (SSSR count). The molecule has 0 radical (unpaired) electrons. The van der Waals surface area contributed by atoms with E-state index >= 15 is 0 Å². The monoisotopic (exact) mass is 662 g/mol. The van der Waals surface area contributed by atoms with Crippen LogP contribution in [0.3, 0.4) is 0 Å². The highest BCUT2D eigenvalue weighted by Gasteiger charge is 2.19. The lowest BCUT2D eigenvalue weighted by molar-refractivity contribution is 0.670. The lowest BCUT2D eigenvalue weighted by atomic mass is 9.95. The molecule has 0 saturated heterocycles. The normalized spacial score (nSPS) is 13.0. The molecule has 0 bridgehead atoms. The highest BCUT2D eigenvalue weighted by molar-refractivity contribution is 7.26. The van der Waals surface area contributed by atoms with Crippen molar-refractivity contribution in [2.24, 2.45) is 0 Å². The van der Waals surface area contributed by atoms with E-state index in [1.807, 2.05) is 109 Å². The second-order valence-corrected chi connectivity index (χ2v) is 13.1. The average Bonchev–Trinajstić information content (AvgIpc) is 3.81. The molecule has 0 amide bonds. The smallest absolute Gasteiger partial charge is 0.164 e. The van der Waals surface area contributed by atoms with Crippen LogP contribution >= 0.6 is 11.3 Å². The van der Waals surface area contributed by atoms with Gasteiger partial charge < -0.3 is 4.42 Å². The molecular formula is C45H27N3OS. The Hall–Kier alpha value is -6.43. The number of para-hydroxylation sites is 1. The highest BCUT2D eigenvalue weighted by atomic mass is 32.1. The standard InChI is InChI=1S/C45H27N3OS/c1-4-13-28(14-5-1)32-25-37-34-19-10-11-22-40(34)50-42(37)38(26-32)36-21-12-20-35-33-24-23-31(27-39(33)49-41(35)36)45-47-43(29-15-6-2-7-16-29)46-44(48-45)30-17-8-3-9-18-30/h1-27H/i12D,20D,21D,23D,24D. The summed E-state index contributed by atoms with van der Waals surface area (Å²) in [4.78, 5) is 14.4. The van der Waals surface area contributed by atoms with Crippen LogP contribution in [0.4, 0.5) is 0 Å². The quantitative estimate of drug-likeness (QED) is 0.184. The Morgan fingerprint density at radius 3 is 1.78 bits per heavy atom. The van der Waals surface area contributed by atoms with E-state index in [-0.39, 0.29) is 63.5 Å². The van der Waals surface area contributed by atoms with Crippen molar-refractivity contribution in [3.05, 3.63) is 164 Å². The number of aromatic nitrogens is 3. The molecule has 5 heteroatoms. The van der Waals surface area contributed by atoms with Gasteiger partial charge in [0.1, 0.15) is 11.2 Å². The molecule has 3 aromatic heterocycles. The predicted octanol–water partition coefficient (Wildman–Crippen LogP) is 12.5. The van der Waals surface area contributed by atoms with E-state index in [0.29, 0.717) is 22.8 Å². The van der Waals surface area contributed by atoms with Crippen LogP contribution in [-0.2, 0) is 0 Å². The first-order chi connectivity index (χ1) is 26.9. The summed E-state index contributed by atoms with van der Waals surface area (Å²) in [5.74, 6) is 1.03. The fourth-order valence-corrected chi connectivity index (χ4v) is 7.73. The predicted molar refractivity (Wildman–Crippen MR) is 207 cm³/mol. The van der Waals surface area contributed by atoms with E-state index in [4.69, 9.17) is 22.1 Å². The van der Waals surface area contributed by atoms with Crippen molar-refractivity contribution in [2.75, 3.05) is 0 Å². The minimum atomic E-state index is -0.281. The van der Waals surface area contributed by atoms with Gasteiger partial charge in [-0.15, -0.1) is 11.3 Å². The highest BCUT2D eigenvalue weighted by Crippen LogP contribution is 2.45. The Morgan fingerprint density at radius 1 is 0.460 bits per heavy atom. The summed E-state index contributed by atoms with van der Waals surface area (Å²) in [5.41, 5.74) is 5.26. The molecule has 7 aromatic carbocycles. The van der Waals surface area contributed by atoms with Crippen LogP contribution in [0.15, 0.2) is 168 Å². The first-order valence-electron chi connectivity index (χ1n) is 18.7.